The zero-order chi connectivity index (χ0) is 8.97. The Morgan fingerprint density at radius 1 is 1.83 bits per heavy atom. The molecule has 1 amide bonds. The number of carbonyl (C=O) groups excluding carboxylic acids is 1. The highest BCUT2D eigenvalue weighted by molar-refractivity contribution is 7.80. The Bertz CT molecular complexity index is 273. The van der Waals surface area contributed by atoms with Crippen LogP contribution in [0, 0.1) is 0 Å². The zero-order valence-corrected chi connectivity index (χ0v) is 7.16. The standard InChI is InChI=1S/C5H9N5OS/c6-7-5(11)4-3-10(1-2-12)9-8-4/h3,12H,1-2,6H2,(H,7,11). The molecule has 0 aliphatic carbocycles. The minimum absolute atomic E-state index is 0.208. The van der Waals surface area contributed by atoms with Crippen molar-refractivity contribution in [2.45, 2.75) is 6.54 Å². The molecule has 0 unspecified atom stereocenters. The van der Waals surface area contributed by atoms with Crippen molar-refractivity contribution in [3.63, 3.8) is 0 Å². The van der Waals surface area contributed by atoms with Gasteiger partial charge in [0.25, 0.3) is 5.91 Å². The molecule has 1 aromatic heterocycles. The first-order valence-electron chi connectivity index (χ1n) is 3.30. The highest BCUT2D eigenvalue weighted by Crippen LogP contribution is 1.92. The molecule has 1 aromatic rings. The highest BCUT2D eigenvalue weighted by Gasteiger charge is 2.07. The summed E-state index contributed by atoms with van der Waals surface area (Å²) in [5.41, 5.74) is 2.17. The van der Waals surface area contributed by atoms with E-state index in [0.29, 0.717) is 12.3 Å². The predicted molar refractivity (Wildman–Crippen MR) is 45.5 cm³/mol. The molecule has 0 aliphatic rings. The molecule has 3 N–H and O–H groups in total. The third-order valence-electron chi connectivity index (χ3n) is 1.23. The van der Waals surface area contributed by atoms with Gasteiger partial charge in [0.1, 0.15) is 0 Å². The fraction of sp³-hybridized carbons (Fsp3) is 0.400. The Morgan fingerprint density at radius 2 is 2.58 bits per heavy atom. The van der Waals surface area contributed by atoms with E-state index in [1.165, 1.54) is 10.9 Å². The number of aromatic nitrogens is 3. The van der Waals surface area contributed by atoms with E-state index in [-0.39, 0.29) is 5.69 Å². The van der Waals surface area contributed by atoms with Crippen molar-refractivity contribution < 1.29 is 4.79 Å². The number of carbonyl (C=O) groups is 1. The molecular weight excluding hydrogens is 178 g/mol. The van der Waals surface area contributed by atoms with Crippen molar-refractivity contribution >= 4 is 18.5 Å². The number of hydrazine groups is 1. The molecular formula is C5H9N5OS. The predicted octanol–water partition coefficient (Wildman–Crippen LogP) is -1.19. The number of rotatable bonds is 3. The molecule has 6 nitrogen and oxygen atoms in total. The number of aryl methyl sites for hydroxylation is 1. The summed E-state index contributed by atoms with van der Waals surface area (Å²) in [6.07, 6.45) is 1.51. The Hall–Kier alpha value is -1.08. The number of nitrogen functional groups attached to an aromatic ring is 1. The fourth-order valence-corrected chi connectivity index (χ4v) is 0.893. The molecule has 0 fully saturated rings. The summed E-state index contributed by atoms with van der Waals surface area (Å²) in [6, 6.07) is 0. The molecule has 1 heterocycles. The average Bonchev–Trinajstić information content (AvgIpc) is 2.52. The van der Waals surface area contributed by atoms with Gasteiger partial charge in [0.05, 0.1) is 12.7 Å². The first-order chi connectivity index (χ1) is 5.77. The van der Waals surface area contributed by atoms with Crippen LogP contribution in [0.4, 0.5) is 0 Å². The smallest absolute Gasteiger partial charge is 0.287 e. The lowest BCUT2D eigenvalue weighted by Crippen LogP contribution is -2.30. The number of amides is 1. The summed E-state index contributed by atoms with van der Waals surface area (Å²) >= 11 is 4.00. The Morgan fingerprint density at radius 3 is 3.17 bits per heavy atom. The molecule has 0 atom stereocenters. The second-order valence-electron chi connectivity index (χ2n) is 2.06. The summed E-state index contributed by atoms with van der Waals surface area (Å²) < 4.78 is 1.53. The quantitative estimate of drug-likeness (QED) is 0.240. The lowest BCUT2D eigenvalue weighted by atomic mass is 10.5. The summed E-state index contributed by atoms with van der Waals surface area (Å²) in [4.78, 5) is 10.9. The maximum absolute atomic E-state index is 10.9. The molecule has 0 saturated carbocycles. The van der Waals surface area contributed by atoms with E-state index in [0.717, 1.165) is 0 Å². The largest absolute Gasteiger partial charge is 0.289 e. The van der Waals surface area contributed by atoms with E-state index in [1.54, 1.807) is 0 Å². The van der Waals surface area contributed by atoms with Gasteiger partial charge < -0.3 is 0 Å². The van der Waals surface area contributed by atoms with Gasteiger partial charge in [-0.25, -0.2) is 5.84 Å². The molecule has 12 heavy (non-hydrogen) atoms. The lowest BCUT2D eigenvalue weighted by Gasteiger charge is -1.92. The fourth-order valence-electron chi connectivity index (χ4n) is 0.688. The Labute approximate surface area is 74.5 Å². The second kappa shape index (κ2) is 4.07. The van der Waals surface area contributed by atoms with E-state index in [4.69, 9.17) is 5.84 Å². The van der Waals surface area contributed by atoms with Gasteiger partial charge in [0, 0.05) is 5.75 Å². The van der Waals surface area contributed by atoms with Gasteiger partial charge in [-0.15, -0.1) is 5.10 Å². The van der Waals surface area contributed by atoms with Crippen LogP contribution in [0.3, 0.4) is 0 Å². The van der Waals surface area contributed by atoms with Gasteiger partial charge >= 0.3 is 0 Å². The molecule has 1 rings (SSSR count). The van der Waals surface area contributed by atoms with Crippen molar-refractivity contribution in [1.29, 1.82) is 0 Å². The Kier molecular flexibility index (Phi) is 3.06. The van der Waals surface area contributed by atoms with Gasteiger partial charge in [-0.2, -0.15) is 12.6 Å². The van der Waals surface area contributed by atoms with E-state index in [1.807, 2.05) is 5.43 Å². The zero-order valence-electron chi connectivity index (χ0n) is 6.27. The highest BCUT2D eigenvalue weighted by atomic mass is 32.1. The normalized spacial score (nSPS) is 9.83. The number of nitrogens with zero attached hydrogens (tertiary/aromatic N) is 3. The van der Waals surface area contributed by atoms with Crippen LogP contribution >= 0.6 is 12.6 Å². The second-order valence-corrected chi connectivity index (χ2v) is 2.51. The number of hydrogen-bond acceptors (Lipinski definition) is 5. The monoisotopic (exact) mass is 187 g/mol. The van der Waals surface area contributed by atoms with E-state index < -0.39 is 5.91 Å². The molecule has 7 heteroatoms. The molecule has 0 aliphatic heterocycles. The van der Waals surface area contributed by atoms with Crippen LogP contribution in [0.1, 0.15) is 10.5 Å². The van der Waals surface area contributed by atoms with Gasteiger partial charge in [0.15, 0.2) is 5.69 Å². The maximum Gasteiger partial charge on any atom is 0.287 e. The third kappa shape index (κ3) is 1.95. The summed E-state index contributed by atoms with van der Waals surface area (Å²) in [5, 5.41) is 7.27. The molecule has 0 aromatic carbocycles. The van der Waals surface area contributed by atoms with Crippen molar-refractivity contribution in [2.24, 2.45) is 5.84 Å². The molecule has 0 bridgehead atoms. The van der Waals surface area contributed by atoms with Crippen LogP contribution < -0.4 is 11.3 Å². The van der Waals surface area contributed by atoms with E-state index in [2.05, 4.69) is 22.9 Å². The first-order valence-corrected chi connectivity index (χ1v) is 3.93. The van der Waals surface area contributed by atoms with Gasteiger partial charge in [-0.1, -0.05) is 5.21 Å². The molecule has 66 valence electrons. The third-order valence-corrected chi connectivity index (χ3v) is 1.43. The van der Waals surface area contributed by atoms with Crippen molar-refractivity contribution in [1.82, 2.24) is 20.4 Å². The number of nitrogens with one attached hydrogen (secondary N) is 1. The van der Waals surface area contributed by atoms with Crippen molar-refractivity contribution in [3.8, 4) is 0 Å². The van der Waals surface area contributed by atoms with Crippen LogP contribution in [0.25, 0.3) is 0 Å². The van der Waals surface area contributed by atoms with Gasteiger partial charge in [0.2, 0.25) is 0 Å². The van der Waals surface area contributed by atoms with Crippen molar-refractivity contribution in [3.05, 3.63) is 11.9 Å². The first kappa shape index (κ1) is 9.01. The van der Waals surface area contributed by atoms with Gasteiger partial charge in [-0.05, 0) is 0 Å². The van der Waals surface area contributed by atoms with Crippen LogP contribution in [-0.4, -0.2) is 26.7 Å². The summed E-state index contributed by atoms with van der Waals surface area (Å²) in [5.74, 6) is 5.10. The van der Waals surface area contributed by atoms with Gasteiger partial charge in [-0.3, -0.25) is 14.9 Å². The maximum atomic E-state index is 10.9. The minimum atomic E-state index is -0.444. The van der Waals surface area contributed by atoms with Crippen LogP contribution in [0.5, 0.6) is 0 Å². The van der Waals surface area contributed by atoms with E-state index in [9.17, 15) is 4.79 Å². The number of nitrogens with two attached hydrogens (primary N) is 1. The van der Waals surface area contributed by atoms with E-state index >= 15 is 0 Å². The minimum Gasteiger partial charge on any atom is -0.289 e. The van der Waals surface area contributed by atoms with Crippen LogP contribution in [0.2, 0.25) is 0 Å². The topological polar surface area (TPSA) is 85.8 Å². The van der Waals surface area contributed by atoms with Crippen LogP contribution in [0.15, 0.2) is 6.20 Å². The number of thiol groups is 1. The molecule has 0 radical (unpaired) electrons. The average molecular weight is 187 g/mol. The van der Waals surface area contributed by atoms with Crippen molar-refractivity contribution in [2.75, 3.05) is 5.75 Å². The SMILES string of the molecule is NNC(=O)c1cn(CCS)nn1. The summed E-state index contributed by atoms with van der Waals surface area (Å²) in [7, 11) is 0. The number of hydrogen-bond donors (Lipinski definition) is 3. The summed E-state index contributed by atoms with van der Waals surface area (Å²) in [6.45, 7) is 0.619. The lowest BCUT2D eigenvalue weighted by molar-refractivity contribution is 0.0948. The molecule has 0 spiro atoms. The molecule has 0 saturated heterocycles. The van der Waals surface area contributed by atoms with Crippen LogP contribution in [-0.2, 0) is 6.54 Å². The Balaban J connectivity index is 2.70.